The number of thiazole rings is 1. The van der Waals surface area contributed by atoms with Gasteiger partial charge in [0.25, 0.3) is 0 Å². The fourth-order valence-electron chi connectivity index (χ4n) is 2.32. The summed E-state index contributed by atoms with van der Waals surface area (Å²) >= 11 is 1.59. The lowest BCUT2D eigenvalue weighted by molar-refractivity contribution is -0.122. The highest BCUT2D eigenvalue weighted by atomic mass is 35.5. The van der Waals surface area contributed by atoms with E-state index in [1.807, 2.05) is 24.4 Å². The first-order valence-electron chi connectivity index (χ1n) is 7.30. The minimum Gasteiger partial charge on any atom is -0.458 e. The van der Waals surface area contributed by atoms with E-state index in [4.69, 9.17) is 9.15 Å². The van der Waals surface area contributed by atoms with Gasteiger partial charge < -0.3 is 19.8 Å². The van der Waals surface area contributed by atoms with Crippen LogP contribution in [-0.2, 0) is 16.1 Å². The van der Waals surface area contributed by atoms with E-state index in [2.05, 4.69) is 15.6 Å². The average molecular weight is 394 g/mol. The molecule has 0 aliphatic carbocycles. The highest BCUT2D eigenvalue weighted by molar-refractivity contribution is 7.09. The van der Waals surface area contributed by atoms with Crippen LogP contribution in [0, 0.1) is 6.92 Å². The van der Waals surface area contributed by atoms with E-state index >= 15 is 0 Å². The second-order valence-corrected chi connectivity index (χ2v) is 6.29. The Morgan fingerprint density at radius 2 is 2.29 bits per heavy atom. The third-order valence-electron chi connectivity index (χ3n) is 3.42. The minimum absolute atomic E-state index is 0. The maximum absolute atomic E-state index is 11.9. The molecule has 1 aliphatic rings. The number of aryl methyl sites for hydroxylation is 1. The van der Waals surface area contributed by atoms with Crippen molar-refractivity contribution in [3.63, 3.8) is 0 Å². The summed E-state index contributed by atoms with van der Waals surface area (Å²) in [5.74, 6) is 1.45. The van der Waals surface area contributed by atoms with E-state index in [0.717, 1.165) is 28.8 Å². The summed E-state index contributed by atoms with van der Waals surface area (Å²) in [6.45, 7) is 4.44. The molecule has 0 radical (unpaired) electrons. The highest BCUT2D eigenvalue weighted by Crippen LogP contribution is 2.23. The molecule has 1 unspecified atom stereocenters. The van der Waals surface area contributed by atoms with E-state index in [1.165, 1.54) is 0 Å². The molecule has 2 N–H and O–H groups in total. The summed E-state index contributed by atoms with van der Waals surface area (Å²) in [4.78, 5) is 16.3. The maximum Gasteiger partial charge on any atom is 0.222 e. The second-order valence-electron chi connectivity index (χ2n) is 5.22. The number of furan rings is 1. The Morgan fingerprint density at radius 3 is 2.96 bits per heavy atom. The van der Waals surface area contributed by atoms with Gasteiger partial charge in [0.1, 0.15) is 11.5 Å². The van der Waals surface area contributed by atoms with Gasteiger partial charge in [0.05, 0.1) is 24.8 Å². The summed E-state index contributed by atoms with van der Waals surface area (Å²) in [6.07, 6.45) is 0.416. The summed E-state index contributed by atoms with van der Waals surface area (Å²) in [5.41, 5.74) is 0.837. The summed E-state index contributed by atoms with van der Waals surface area (Å²) < 4.78 is 11.0. The van der Waals surface area contributed by atoms with Crippen molar-refractivity contribution in [2.24, 2.45) is 0 Å². The van der Waals surface area contributed by atoms with E-state index in [9.17, 15) is 4.79 Å². The van der Waals surface area contributed by atoms with Crippen LogP contribution in [0.1, 0.15) is 17.2 Å². The molecule has 1 atom stereocenters. The van der Waals surface area contributed by atoms with Crippen molar-refractivity contribution in [1.29, 1.82) is 0 Å². The smallest absolute Gasteiger partial charge is 0.222 e. The number of carbonyl (C=O) groups is 1. The Kier molecular flexibility index (Phi) is 8.72. The number of ether oxygens (including phenoxy) is 1. The van der Waals surface area contributed by atoms with Crippen LogP contribution in [-0.4, -0.2) is 36.7 Å². The Labute approximate surface area is 157 Å². The van der Waals surface area contributed by atoms with E-state index in [0.29, 0.717) is 26.2 Å². The van der Waals surface area contributed by atoms with Crippen LogP contribution in [0.4, 0.5) is 0 Å². The fraction of sp³-hybridized carbons (Fsp3) is 0.467. The molecule has 0 saturated carbocycles. The lowest BCUT2D eigenvalue weighted by Gasteiger charge is -2.23. The zero-order valence-electron chi connectivity index (χ0n) is 13.2. The quantitative estimate of drug-likeness (QED) is 0.815. The van der Waals surface area contributed by atoms with Crippen LogP contribution in [0.3, 0.4) is 0 Å². The number of nitrogens with zero attached hydrogens (tertiary/aromatic N) is 1. The molecule has 6 nitrogen and oxygen atoms in total. The fourth-order valence-corrected chi connectivity index (χ4v) is 2.92. The first kappa shape index (κ1) is 20.9. The zero-order valence-corrected chi connectivity index (χ0v) is 15.7. The molecule has 24 heavy (non-hydrogen) atoms. The third-order valence-corrected chi connectivity index (χ3v) is 4.20. The molecular weight excluding hydrogens is 373 g/mol. The normalized spacial score (nSPS) is 16.8. The van der Waals surface area contributed by atoms with Crippen LogP contribution >= 0.6 is 36.2 Å². The van der Waals surface area contributed by atoms with Gasteiger partial charge in [-0.25, -0.2) is 4.98 Å². The van der Waals surface area contributed by atoms with Crippen molar-refractivity contribution < 1.29 is 13.9 Å². The van der Waals surface area contributed by atoms with Gasteiger partial charge in [0.15, 0.2) is 5.76 Å². The SMILES string of the molecule is Cc1nc(-c2ccc(CNC(=O)CC3COCCN3)o2)cs1.Cl.Cl. The van der Waals surface area contributed by atoms with Crippen LogP contribution in [0.5, 0.6) is 0 Å². The molecule has 0 aromatic carbocycles. The second kappa shape index (κ2) is 10.0. The standard InChI is InChI=1S/C15H19N3O3S.2ClH/c1-10-18-13(9-22-10)14-3-2-12(21-14)7-17-15(19)6-11-8-20-5-4-16-11;;/h2-3,9,11,16H,4-8H2,1H3,(H,17,19);2*1H. The topological polar surface area (TPSA) is 76.4 Å². The first-order valence-corrected chi connectivity index (χ1v) is 8.18. The molecule has 0 bridgehead atoms. The van der Waals surface area contributed by atoms with Gasteiger partial charge in [-0.3, -0.25) is 4.79 Å². The van der Waals surface area contributed by atoms with Gasteiger partial charge in [-0.15, -0.1) is 36.2 Å². The van der Waals surface area contributed by atoms with Gasteiger partial charge in [0.2, 0.25) is 5.91 Å². The van der Waals surface area contributed by atoms with Gasteiger partial charge in [0, 0.05) is 24.4 Å². The van der Waals surface area contributed by atoms with E-state index in [1.54, 1.807) is 11.3 Å². The predicted octanol–water partition coefficient (Wildman–Crippen LogP) is 2.55. The molecule has 2 aromatic rings. The van der Waals surface area contributed by atoms with Crippen molar-refractivity contribution in [3.05, 3.63) is 28.3 Å². The number of rotatable bonds is 5. The van der Waals surface area contributed by atoms with Crippen molar-refractivity contribution >= 4 is 42.1 Å². The average Bonchev–Trinajstić information content (AvgIpc) is 3.15. The van der Waals surface area contributed by atoms with Crippen LogP contribution in [0.2, 0.25) is 0 Å². The van der Waals surface area contributed by atoms with E-state index < -0.39 is 0 Å². The Hall–Kier alpha value is -1.12. The molecule has 2 aromatic heterocycles. The lowest BCUT2D eigenvalue weighted by atomic mass is 10.2. The van der Waals surface area contributed by atoms with Crippen molar-refractivity contribution in [1.82, 2.24) is 15.6 Å². The first-order chi connectivity index (χ1) is 10.7. The maximum atomic E-state index is 11.9. The third kappa shape index (κ3) is 5.75. The van der Waals surface area contributed by atoms with Crippen molar-refractivity contribution in [2.45, 2.75) is 25.9 Å². The highest BCUT2D eigenvalue weighted by Gasteiger charge is 2.17. The molecule has 1 amide bonds. The molecule has 1 aliphatic heterocycles. The summed E-state index contributed by atoms with van der Waals surface area (Å²) in [6, 6.07) is 3.84. The molecule has 1 fully saturated rings. The van der Waals surface area contributed by atoms with Crippen LogP contribution in [0.25, 0.3) is 11.5 Å². The van der Waals surface area contributed by atoms with Crippen molar-refractivity contribution in [3.8, 4) is 11.5 Å². The number of hydrogen-bond acceptors (Lipinski definition) is 6. The number of nitrogens with one attached hydrogen (secondary N) is 2. The Morgan fingerprint density at radius 1 is 1.46 bits per heavy atom. The largest absolute Gasteiger partial charge is 0.458 e. The number of halogens is 2. The monoisotopic (exact) mass is 393 g/mol. The van der Waals surface area contributed by atoms with Crippen LogP contribution < -0.4 is 10.6 Å². The number of morpholine rings is 1. The molecule has 134 valence electrons. The Balaban J connectivity index is 0.00000144. The van der Waals surface area contributed by atoms with Gasteiger partial charge >= 0.3 is 0 Å². The lowest BCUT2D eigenvalue weighted by Crippen LogP contribution is -2.44. The molecule has 3 heterocycles. The number of amides is 1. The molecule has 1 saturated heterocycles. The predicted molar refractivity (Wildman–Crippen MR) is 98.1 cm³/mol. The number of aromatic nitrogens is 1. The molecule has 9 heteroatoms. The summed E-state index contributed by atoms with van der Waals surface area (Å²) in [5, 5.41) is 9.10. The number of hydrogen-bond donors (Lipinski definition) is 2. The molecular formula is C15H21Cl2N3O3S. The molecule has 3 rings (SSSR count). The zero-order chi connectivity index (χ0) is 15.4. The van der Waals surface area contributed by atoms with Gasteiger partial charge in [-0.2, -0.15) is 0 Å². The van der Waals surface area contributed by atoms with Crippen molar-refractivity contribution in [2.75, 3.05) is 19.8 Å². The van der Waals surface area contributed by atoms with Crippen LogP contribution in [0.15, 0.2) is 21.9 Å². The van der Waals surface area contributed by atoms with E-state index in [-0.39, 0.29) is 36.8 Å². The molecule has 0 spiro atoms. The summed E-state index contributed by atoms with van der Waals surface area (Å²) in [7, 11) is 0. The van der Waals surface area contributed by atoms with Gasteiger partial charge in [-0.05, 0) is 19.1 Å². The number of carbonyl (C=O) groups excluding carboxylic acids is 1. The minimum atomic E-state index is -0.00884. The Bertz CT molecular complexity index is 641. The van der Waals surface area contributed by atoms with Gasteiger partial charge in [-0.1, -0.05) is 0 Å².